The van der Waals surface area contributed by atoms with Crippen molar-refractivity contribution in [3.8, 4) is 0 Å². The van der Waals surface area contributed by atoms with Gasteiger partial charge in [0.25, 0.3) is 5.91 Å². The Balaban J connectivity index is 1.76. The lowest BCUT2D eigenvalue weighted by atomic mass is 10.0. The molecule has 3 atom stereocenters. The minimum atomic E-state index is -0.345. The summed E-state index contributed by atoms with van der Waals surface area (Å²) in [5.74, 6) is 0.0545. The van der Waals surface area contributed by atoms with Crippen LogP contribution in [0, 0.1) is 5.92 Å². The zero-order valence-electron chi connectivity index (χ0n) is 18.2. The SMILES string of the molecule is CCOCN1SC(=NC(=O)C(C)c2ccc3sc(CC(C)C)nc3c2)C(Cl)C1CC. The van der Waals surface area contributed by atoms with E-state index in [4.69, 9.17) is 21.3 Å². The highest BCUT2D eigenvalue weighted by molar-refractivity contribution is 8.12. The Morgan fingerprint density at radius 1 is 1.33 bits per heavy atom. The quantitative estimate of drug-likeness (QED) is 0.359. The number of aromatic nitrogens is 1. The fourth-order valence-corrected chi connectivity index (χ4v) is 6.26. The second-order valence-corrected chi connectivity index (χ2v) is 10.6. The third-order valence-corrected chi connectivity index (χ3v) is 7.95. The molecule has 3 rings (SSSR count). The maximum absolute atomic E-state index is 12.9. The van der Waals surface area contributed by atoms with Gasteiger partial charge in [-0.3, -0.25) is 4.79 Å². The highest BCUT2D eigenvalue weighted by atomic mass is 35.5. The number of halogens is 1. The van der Waals surface area contributed by atoms with Crippen LogP contribution in [0.25, 0.3) is 10.2 Å². The number of aliphatic imine (C=N–C) groups is 1. The van der Waals surface area contributed by atoms with Crippen molar-refractivity contribution in [1.29, 1.82) is 0 Å². The molecule has 2 aromatic rings. The third-order valence-electron chi connectivity index (χ3n) is 5.12. The number of thiazole rings is 1. The van der Waals surface area contributed by atoms with E-state index < -0.39 is 0 Å². The molecule has 5 nitrogen and oxygen atoms in total. The van der Waals surface area contributed by atoms with Gasteiger partial charge in [0.05, 0.1) is 26.5 Å². The van der Waals surface area contributed by atoms with Crippen LogP contribution < -0.4 is 0 Å². The number of ether oxygens (including phenoxy) is 1. The van der Waals surface area contributed by atoms with Crippen LogP contribution in [0.1, 0.15) is 57.5 Å². The standard InChI is InChI=1S/C22H30ClN3O2S2/c1-6-17-20(23)22(30-26(17)12-28-7-2)25-21(27)14(5)15-8-9-18-16(11-15)24-19(29-18)10-13(3)4/h8-9,11,13-14,17,20H,6-7,10,12H2,1-5H3. The van der Waals surface area contributed by atoms with Crippen LogP contribution in [0.4, 0.5) is 0 Å². The Hall–Kier alpha value is -0.990. The number of hydrogen-bond donors (Lipinski definition) is 0. The van der Waals surface area contributed by atoms with E-state index in [-0.39, 0.29) is 23.2 Å². The van der Waals surface area contributed by atoms with Gasteiger partial charge in [0, 0.05) is 19.1 Å². The maximum Gasteiger partial charge on any atom is 0.253 e. The first-order chi connectivity index (χ1) is 14.3. The molecule has 0 bridgehead atoms. The number of amides is 1. The van der Waals surface area contributed by atoms with Crippen molar-refractivity contribution in [1.82, 2.24) is 9.29 Å². The summed E-state index contributed by atoms with van der Waals surface area (Å²) >= 11 is 9.79. The van der Waals surface area contributed by atoms with Gasteiger partial charge in [-0.25, -0.2) is 14.3 Å². The Bertz CT molecular complexity index is 915. The molecule has 1 fully saturated rings. The van der Waals surface area contributed by atoms with Crippen LogP contribution in [0.5, 0.6) is 0 Å². The molecule has 1 amide bonds. The first-order valence-electron chi connectivity index (χ1n) is 10.5. The first kappa shape index (κ1) is 23.7. The number of fused-ring (bicyclic) bond motifs is 1. The van der Waals surface area contributed by atoms with Gasteiger partial charge in [-0.2, -0.15) is 0 Å². The summed E-state index contributed by atoms with van der Waals surface area (Å²) in [6, 6.07) is 6.21. The molecule has 2 heterocycles. The van der Waals surface area contributed by atoms with Crippen LogP contribution in [0.2, 0.25) is 0 Å². The number of carbonyl (C=O) groups excluding carboxylic acids is 1. The largest absolute Gasteiger partial charge is 0.366 e. The Labute approximate surface area is 192 Å². The number of benzene rings is 1. The number of rotatable bonds is 8. The van der Waals surface area contributed by atoms with Gasteiger partial charge in [-0.15, -0.1) is 22.9 Å². The van der Waals surface area contributed by atoms with Crippen molar-refractivity contribution in [2.24, 2.45) is 10.9 Å². The van der Waals surface area contributed by atoms with Gasteiger partial charge < -0.3 is 4.74 Å². The number of carbonyl (C=O) groups is 1. The van der Waals surface area contributed by atoms with Crippen molar-refractivity contribution in [3.05, 3.63) is 28.8 Å². The summed E-state index contributed by atoms with van der Waals surface area (Å²) in [7, 11) is 0. The fourth-order valence-electron chi connectivity index (χ4n) is 3.39. The fraction of sp³-hybridized carbons (Fsp3) is 0.591. The highest BCUT2D eigenvalue weighted by Crippen LogP contribution is 2.36. The third kappa shape index (κ3) is 5.43. The Kier molecular flexibility index (Phi) is 8.32. The molecule has 1 aromatic carbocycles. The predicted octanol–water partition coefficient (Wildman–Crippen LogP) is 5.87. The number of alkyl halides is 1. The molecule has 1 aliphatic heterocycles. The summed E-state index contributed by atoms with van der Waals surface area (Å²) in [6.07, 6.45) is 1.85. The van der Waals surface area contributed by atoms with E-state index in [0.29, 0.717) is 24.3 Å². The van der Waals surface area contributed by atoms with Gasteiger partial charge in [-0.1, -0.05) is 26.8 Å². The van der Waals surface area contributed by atoms with E-state index >= 15 is 0 Å². The lowest BCUT2D eigenvalue weighted by Gasteiger charge is -2.21. The Morgan fingerprint density at radius 3 is 2.77 bits per heavy atom. The summed E-state index contributed by atoms with van der Waals surface area (Å²) in [6.45, 7) is 11.5. The molecule has 0 N–H and O–H groups in total. The lowest BCUT2D eigenvalue weighted by molar-refractivity contribution is -0.118. The first-order valence-corrected chi connectivity index (χ1v) is 12.5. The molecule has 8 heteroatoms. The summed E-state index contributed by atoms with van der Waals surface area (Å²) < 4.78 is 8.77. The van der Waals surface area contributed by atoms with Crippen molar-refractivity contribution < 1.29 is 9.53 Å². The molecule has 1 saturated heterocycles. The van der Waals surface area contributed by atoms with Crippen LogP contribution >= 0.6 is 34.9 Å². The number of hydrogen-bond acceptors (Lipinski definition) is 6. The molecular weight excluding hydrogens is 438 g/mol. The van der Waals surface area contributed by atoms with E-state index in [2.05, 4.69) is 36.1 Å². The molecular formula is C22H30ClN3O2S2. The molecule has 3 unspecified atom stereocenters. The van der Waals surface area contributed by atoms with Gasteiger partial charge in [0.1, 0.15) is 11.8 Å². The van der Waals surface area contributed by atoms with E-state index in [1.54, 1.807) is 11.3 Å². The molecule has 0 spiro atoms. The van der Waals surface area contributed by atoms with Crippen molar-refractivity contribution in [3.63, 3.8) is 0 Å². The van der Waals surface area contributed by atoms with Crippen molar-refractivity contribution in [2.75, 3.05) is 13.3 Å². The summed E-state index contributed by atoms with van der Waals surface area (Å²) in [5.41, 5.74) is 1.89. The van der Waals surface area contributed by atoms with Gasteiger partial charge >= 0.3 is 0 Å². The molecule has 0 radical (unpaired) electrons. The highest BCUT2D eigenvalue weighted by Gasteiger charge is 2.38. The van der Waals surface area contributed by atoms with E-state index in [0.717, 1.165) is 33.6 Å². The van der Waals surface area contributed by atoms with E-state index in [1.165, 1.54) is 11.9 Å². The van der Waals surface area contributed by atoms with E-state index in [1.807, 2.05) is 26.0 Å². The molecule has 1 aromatic heterocycles. The number of nitrogens with zero attached hydrogens (tertiary/aromatic N) is 3. The molecule has 1 aliphatic rings. The van der Waals surface area contributed by atoms with Crippen LogP contribution in [-0.4, -0.2) is 45.0 Å². The average molecular weight is 468 g/mol. The Morgan fingerprint density at radius 2 is 2.10 bits per heavy atom. The molecule has 30 heavy (non-hydrogen) atoms. The topological polar surface area (TPSA) is 54.8 Å². The van der Waals surface area contributed by atoms with Crippen LogP contribution in [-0.2, 0) is 16.0 Å². The zero-order valence-corrected chi connectivity index (χ0v) is 20.6. The smallest absolute Gasteiger partial charge is 0.253 e. The van der Waals surface area contributed by atoms with Crippen molar-refractivity contribution in [2.45, 2.75) is 64.8 Å². The predicted molar refractivity (Wildman–Crippen MR) is 129 cm³/mol. The average Bonchev–Trinajstić information content (AvgIpc) is 3.24. The second-order valence-electron chi connectivity index (χ2n) is 7.95. The maximum atomic E-state index is 12.9. The van der Waals surface area contributed by atoms with Gasteiger partial charge in [0.15, 0.2) is 0 Å². The van der Waals surface area contributed by atoms with Crippen LogP contribution in [0.3, 0.4) is 0 Å². The minimum absolute atomic E-state index is 0.107. The van der Waals surface area contributed by atoms with Crippen LogP contribution in [0.15, 0.2) is 23.2 Å². The van der Waals surface area contributed by atoms with Gasteiger partial charge in [-0.05, 0) is 55.8 Å². The second kappa shape index (κ2) is 10.6. The molecule has 164 valence electrons. The summed E-state index contributed by atoms with van der Waals surface area (Å²) in [5, 5.41) is 1.51. The zero-order chi connectivity index (χ0) is 21.8. The lowest BCUT2D eigenvalue weighted by Crippen LogP contribution is -2.32. The van der Waals surface area contributed by atoms with Crippen molar-refractivity contribution >= 4 is 56.1 Å². The van der Waals surface area contributed by atoms with E-state index in [9.17, 15) is 4.79 Å². The monoisotopic (exact) mass is 467 g/mol. The van der Waals surface area contributed by atoms with Gasteiger partial charge in [0.2, 0.25) is 0 Å². The minimum Gasteiger partial charge on any atom is -0.366 e. The summed E-state index contributed by atoms with van der Waals surface area (Å²) in [4.78, 5) is 22.1. The molecule has 0 aliphatic carbocycles. The normalized spacial score (nSPS) is 22.4. The molecule has 0 saturated carbocycles.